The fraction of sp³-hybridized carbons (Fsp3) is 1.00. The lowest BCUT2D eigenvalue weighted by Crippen LogP contribution is -2.32. The van der Waals surface area contributed by atoms with Crippen molar-refractivity contribution >= 4 is 8.69 Å². The van der Waals surface area contributed by atoms with Crippen LogP contribution in [-0.2, 0) is 9.09 Å². The highest BCUT2D eigenvalue weighted by Crippen LogP contribution is 2.36. The summed E-state index contributed by atoms with van der Waals surface area (Å²) in [5.41, 5.74) is 0. The third-order valence-electron chi connectivity index (χ3n) is 3.19. The summed E-state index contributed by atoms with van der Waals surface area (Å²) in [6.07, 6.45) is 3.90. The van der Waals surface area contributed by atoms with E-state index in [0.717, 1.165) is 12.3 Å². The molecule has 0 saturated heterocycles. The fourth-order valence-corrected chi connectivity index (χ4v) is 2.80. The Morgan fingerprint density at radius 2 is 2.08 bits per heavy atom. The van der Waals surface area contributed by atoms with E-state index in [0.29, 0.717) is 11.8 Å². The average molecular weight is 204 g/mol. The van der Waals surface area contributed by atoms with Gasteiger partial charge in [0.2, 0.25) is 0 Å². The highest BCUT2D eigenvalue weighted by atomic mass is 31.1. The largest absolute Gasteiger partial charge is 0.329 e. The maximum Gasteiger partial charge on any atom is 0.180 e. The van der Waals surface area contributed by atoms with Crippen LogP contribution in [0.4, 0.5) is 0 Å². The maximum atomic E-state index is 10.5. The van der Waals surface area contributed by atoms with Gasteiger partial charge < -0.3 is 4.52 Å². The van der Waals surface area contributed by atoms with Crippen molar-refractivity contribution in [1.82, 2.24) is 0 Å². The molecule has 0 heterocycles. The predicted molar refractivity (Wildman–Crippen MR) is 56.6 cm³/mol. The molecule has 1 saturated carbocycles. The summed E-state index contributed by atoms with van der Waals surface area (Å²) in [5.74, 6) is 2.02. The molecule has 78 valence electrons. The van der Waals surface area contributed by atoms with E-state index in [1.807, 2.05) is 0 Å². The van der Waals surface area contributed by atoms with E-state index in [2.05, 4.69) is 20.8 Å². The third-order valence-corrected chi connectivity index (χ3v) is 3.65. The monoisotopic (exact) mass is 204 g/mol. The molecule has 0 aromatic rings. The number of hydrogen-bond acceptors (Lipinski definition) is 2. The highest BCUT2D eigenvalue weighted by molar-refractivity contribution is 7.17. The summed E-state index contributed by atoms with van der Waals surface area (Å²) in [6, 6.07) is 0. The molecule has 0 aromatic carbocycles. The first-order chi connectivity index (χ1) is 6.15. The van der Waals surface area contributed by atoms with E-state index in [-0.39, 0.29) is 6.10 Å². The highest BCUT2D eigenvalue weighted by Gasteiger charge is 2.30. The van der Waals surface area contributed by atoms with Crippen molar-refractivity contribution in [3.63, 3.8) is 0 Å². The van der Waals surface area contributed by atoms with Gasteiger partial charge >= 0.3 is 0 Å². The molecule has 1 aliphatic carbocycles. The van der Waals surface area contributed by atoms with Crippen LogP contribution in [0.2, 0.25) is 0 Å². The maximum absolute atomic E-state index is 10.5. The van der Waals surface area contributed by atoms with Crippen molar-refractivity contribution in [1.29, 1.82) is 0 Å². The summed E-state index contributed by atoms with van der Waals surface area (Å²) in [6.45, 7) is 6.72. The van der Waals surface area contributed by atoms with Gasteiger partial charge in [-0.25, -0.2) is 0 Å². The standard InChI is InChI=1S/C10H21O2P/c1-7(2)9-5-4-8(3)6-10(9)12-13-11/h7-10H,4-6,13H2,1-3H3. The molecule has 13 heavy (non-hydrogen) atoms. The first-order valence-corrected chi connectivity index (χ1v) is 6.18. The Morgan fingerprint density at radius 3 is 2.62 bits per heavy atom. The minimum Gasteiger partial charge on any atom is -0.329 e. The molecule has 0 radical (unpaired) electrons. The van der Waals surface area contributed by atoms with Crippen LogP contribution in [-0.4, -0.2) is 6.10 Å². The second-order valence-corrected chi connectivity index (χ2v) is 5.06. The Balaban J connectivity index is 2.54. The van der Waals surface area contributed by atoms with Gasteiger partial charge in [0.25, 0.3) is 0 Å². The van der Waals surface area contributed by atoms with Gasteiger partial charge in [-0.1, -0.05) is 27.2 Å². The molecule has 0 amide bonds. The molecule has 1 fully saturated rings. The van der Waals surface area contributed by atoms with Crippen LogP contribution in [0.3, 0.4) is 0 Å². The Labute approximate surface area is 82.3 Å². The molecule has 4 unspecified atom stereocenters. The molecule has 1 rings (SSSR count). The molecular weight excluding hydrogens is 183 g/mol. The third kappa shape index (κ3) is 3.11. The van der Waals surface area contributed by atoms with Crippen molar-refractivity contribution in [3.05, 3.63) is 0 Å². The van der Waals surface area contributed by atoms with Gasteiger partial charge in [0, 0.05) is 0 Å². The molecule has 0 spiro atoms. The molecule has 0 aliphatic heterocycles. The van der Waals surface area contributed by atoms with E-state index < -0.39 is 8.69 Å². The van der Waals surface area contributed by atoms with Gasteiger partial charge in [0.1, 0.15) is 0 Å². The smallest absolute Gasteiger partial charge is 0.180 e. The summed E-state index contributed by atoms with van der Waals surface area (Å²) in [4.78, 5) is 0. The number of hydrogen-bond donors (Lipinski definition) is 0. The van der Waals surface area contributed by atoms with Gasteiger partial charge in [-0.05, 0) is 30.6 Å². The topological polar surface area (TPSA) is 26.3 Å². The fourth-order valence-electron chi connectivity index (χ4n) is 2.34. The van der Waals surface area contributed by atoms with Crippen molar-refractivity contribution in [2.24, 2.45) is 17.8 Å². The lowest BCUT2D eigenvalue weighted by Gasteiger charge is -2.35. The van der Waals surface area contributed by atoms with Crippen molar-refractivity contribution in [3.8, 4) is 0 Å². The molecule has 0 bridgehead atoms. The second-order valence-electron chi connectivity index (χ2n) is 4.60. The van der Waals surface area contributed by atoms with E-state index in [1.54, 1.807) is 0 Å². The zero-order chi connectivity index (χ0) is 9.84. The van der Waals surface area contributed by atoms with Gasteiger partial charge in [0.05, 0.1) is 6.10 Å². The minimum absolute atomic E-state index is 0.260. The van der Waals surface area contributed by atoms with Crippen LogP contribution in [0.25, 0.3) is 0 Å². The van der Waals surface area contributed by atoms with E-state index in [4.69, 9.17) is 4.52 Å². The van der Waals surface area contributed by atoms with Gasteiger partial charge in [-0.15, -0.1) is 0 Å². The van der Waals surface area contributed by atoms with Gasteiger partial charge in [0.15, 0.2) is 8.69 Å². The predicted octanol–water partition coefficient (Wildman–Crippen LogP) is 3.14. The zero-order valence-corrected chi connectivity index (χ0v) is 9.98. The quantitative estimate of drug-likeness (QED) is 0.660. The molecule has 4 atom stereocenters. The van der Waals surface area contributed by atoms with Crippen LogP contribution < -0.4 is 0 Å². The van der Waals surface area contributed by atoms with Crippen LogP contribution in [0.5, 0.6) is 0 Å². The Hall–Kier alpha value is 0.190. The van der Waals surface area contributed by atoms with Crippen molar-refractivity contribution in [2.45, 2.75) is 46.1 Å². The minimum atomic E-state index is -1.03. The van der Waals surface area contributed by atoms with E-state index in [9.17, 15) is 4.57 Å². The Morgan fingerprint density at radius 1 is 1.38 bits per heavy atom. The van der Waals surface area contributed by atoms with Crippen LogP contribution >= 0.6 is 8.69 Å². The van der Waals surface area contributed by atoms with Crippen molar-refractivity contribution in [2.75, 3.05) is 0 Å². The average Bonchev–Trinajstić information content (AvgIpc) is 2.04. The van der Waals surface area contributed by atoms with E-state index >= 15 is 0 Å². The summed E-state index contributed by atoms with van der Waals surface area (Å²) in [5, 5.41) is 0. The SMILES string of the molecule is CC1CCC(C(C)C)C(O[PH2]=O)C1. The summed E-state index contributed by atoms with van der Waals surface area (Å²) < 4.78 is 15.9. The summed E-state index contributed by atoms with van der Waals surface area (Å²) in [7, 11) is -1.03. The molecular formula is C10H21O2P. The molecule has 3 heteroatoms. The molecule has 1 aliphatic rings. The van der Waals surface area contributed by atoms with Crippen molar-refractivity contribution < 1.29 is 9.09 Å². The molecule has 0 aromatic heterocycles. The Kier molecular flexibility index (Phi) is 4.48. The van der Waals surface area contributed by atoms with Gasteiger partial charge in [-0.2, -0.15) is 0 Å². The lowest BCUT2D eigenvalue weighted by molar-refractivity contribution is 0.0560. The van der Waals surface area contributed by atoms with E-state index in [1.165, 1.54) is 12.8 Å². The van der Waals surface area contributed by atoms with Crippen LogP contribution in [0.1, 0.15) is 40.0 Å². The first-order valence-electron chi connectivity index (χ1n) is 5.24. The molecule has 2 nitrogen and oxygen atoms in total. The van der Waals surface area contributed by atoms with Crippen LogP contribution in [0, 0.1) is 17.8 Å². The first kappa shape index (κ1) is 11.3. The lowest BCUT2D eigenvalue weighted by atomic mass is 9.75. The second kappa shape index (κ2) is 5.17. The number of rotatable bonds is 3. The van der Waals surface area contributed by atoms with Gasteiger partial charge in [-0.3, -0.25) is 4.57 Å². The Bertz CT molecular complexity index is 170. The zero-order valence-electron chi connectivity index (χ0n) is 8.82. The summed E-state index contributed by atoms with van der Waals surface area (Å²) >= 11 is 0. The normalized spacial score (nSPS) is 36.2. The van der Waals surface area contributed by atoms with Crippen LogP contribution in [0.15, 0.2) is 0 Å². The molecule has 0 N–H and O–H groups in total.